The van der Waals surface area contributed by atoms with Gasteiger partial charge in [0.05, 0.1) is 24.5 Å². The van der Waals surface area contributed by atoms with Crippen LogP contribution in [0, 0.1) is 0 Å². The highest BCUT2D eigenvalue weighted by molar-refractivity contribution is 6.40. The molecular weight excluding hydrogens is 300 g/mol. The van der Waals surface area contributed by atoms with Crippen LogP contribution in [0.1, 0.15) is 30.6 Å². The Morgan fingerprint density at radius 1 is 1.13 bits per heavy atom. The first-order valence-electron chi connectivity index (χ1n) is 7.33. The van der Waals surface area contributed by atoms with Gasteiger partial charge < -0.3 is 20.1 Å². The van der Waals surface area contributed by atoms with Crippen molar-refractivity contribution < 1.29 is 23.9 Å². The van der Waals surface area contributed by atoms with Gasteiger partial charge in [-0.15, -0.1) is 0 Å². The van der Waals surface area contributed by atoms with Crippen molar-refractivity contribution in [3.63, 3.8) is 0 Å². The molecule has 0 aromatic heterocycles. The zero-order chi connectivity index (χ0) is 17.2. The molecule has 23 heavy (non-hydrogen) atoms. The van der Waals surface area contributed by atoms with E-state index >= 15 is 0 Å². The zero-order valence-corrected chi connectivity index (χ0v) is 13.5. The molecule has 7 nitrogen and oxygen atoms in total. The second-order valence-corrected chi connectivity index (χ2v) is 5.02. The largest absolute Gasteiger partial charge is 0.465 e. The number of para-hydroxylation sites is 1. The SMILES string of the molecule is COC(=O)c1ccccc1NC(=O)C(=O)NCCCOC(C)C. The molecule has 2 N–H and O–H groups in total. The van der Waals surface area contributed by atoms with Gasteiger partial charge in [0, 0.05) is 13.2 Å². The first-order chi connectivity index (χ1) is 11.0. The van der Waals surface area contributed by atoms with E-state index in [0.717, 1.165) is 0 Å². The third kappa shape index (κ3) is 6.48. The second kappa shape index (κ2) is 9.58. The molecule has 1 aromatic carbocycles. The lowest BCUT2D eigenvalue weighted by Gasteiger charge is -2.10. The minimum absolute atomic E-state index is 0.129. The van der Waals surface area contributed by atoms with Gasteiger partial charge in [-0.25, -0.2) is 4.79 Å². The van der Waals surface area contributed by atoms with Crippen LogP contribution in [-0.2, 0) is 19.1 Å². The van der Waals surface area contributed by atoms with Crippen molar-refractivity contribution in [3.05, 3.63) is 29.8 Å². The smallest absolute Gasteiger partial charge is 0.339 e. The van der Waals surface area contributed by atoms with Crippen LogP contribution < -0.4 is 10.6 Å². The number of carbonyl (C=O) groups excluding carboxylic acids is 3. The highest BCUT2D eigenvalue weighted by atomic mass is 16.5. The molecule has 0 aliphatic heterocycles. The fraction of sp³-hybridized carbons (Fsp3) is 0.438. The van der Waals surface area contributed by atoms with Gasteiger partial charge in [0.15, 0.2) is 0 Å². The van der Waals surface area contributed by atoms with E-state index in [0.29, 0.717) is 19.6 Å². The van der Waals surface area contributed by atoms with Crippen LogP contribution in [-0.4, -0.2) is 44.1 Å². The Balaban J connectivity index is 2.50. The lowest BCUT2D eigenvalue weighted by atomic mass is 10.2. The molecule has 0 aliphatic carbocycles. The van der Waals surface area contributed by atoms with Gasteiger partial charge in [-0.1, -0.05) is 12.1 Å². The predicted octanol–water partition coefficient (Wildman–Crippen LogP) is 1.34. The average Bonchev–Trinajstić information content (AvgIpc) is 2.53. The zero-order valence-electron chi connectivity index (χ0n) is 13.5. The third-order valence-electron chi connectivity index (χ3n) is 2.84. The molecule has 0 bridgehead atoms. The highest BCUT2D eigenvalue weighted by Gasteiger charge is 2.17. The van der Waals surface area contributed by atoms with E-state index in [9.17, 15) is 14.4 Å². The van der Waals surface area contributed by atoms with Crippen molar-refractivity contribution in [2.24, 2.45) is 0 Å². The lowest BCUT2D eigenvalue weighted by Crippen LogP contribution is -2.36. The standard InChI is InChI=1S/C16H22N2O5/c1-11(2)23-10-6-9-17-14(19)15(20)18-13-8-5-4-7-12(13)16(21)22-3/h4-5,7-8,11H,6,9-10H2,1-3H3,(H,17,19)(H,18,20). The van der Waals surface area contributed by atoms with Crippen LogP contribution in [0.3, 0.4) is 0 Å². The molecule has 126 valence electrons. The van der Waals surface area contributed by atoms with E-state index in [1.165, 1.54) is 19.2 Å². The van der Waals surface area contributed by atoms with Crippen LogP contribution in [0.15, 0.2) is 24.3 Å². The van der Waals surface area contributed by atoms with E-state index in [1.54, 1.807) is 12.1 Å². The highest BCUT2D eigenvalue weighted by Crippen LogP contribution is 2.15. The van der Waals surface area contributed by atoms with Crippen LogP contribution in [0.5, 0.6) is 0 Å². The number of esters is 1. The molecule has 0 radical (unpaired) electrons. The summed E-state index contributed by atoms with van der Waals surface area (Å²) in [6, 6.07) is 6.30. The summed E-state index contributed by atoms with van der Waals surface area (Å²) < 4.78 is 9.96. The number of rotatable bonds is 7. The Morgan fingerprint density at radius 3 is 2.48 bits per heavy atom. The van der Waals surface area contributed by atoms with Gasteiger partial charge >= 0.3 is 17.8 Å². The lowest BCUT2D eigenvalue weighted by molar-refractivity contribution is -0.136. The van der Waals surface area contributed by atoms with Crippen LogP contribution in [0.4, 0.5) is 5.69 Å². The summed E-state index contributed by atoms with van der Waals surface area (Å²) in [6.07, 6.45) is 0.736. The predicted molar refractivity (Wildman–Crippen MR) is 85.1 cm³/mol. The fourth-order valence-electron chi connectivity index (χ4n) is 1.73. The maximum atomic E-state index is 11.8. The Kier molecular flexibility index (Phi) is 7.76. The summed E-state index contributed by atoms with van der Waals surface area (Å²) >= 11 is 0. The summed E-state index contributed by atoms with van der Waals surface area (Å²) in [5.74, 6) is -2.20. The molecule has 0 fully saturated rings. The first kappa shape index (κ1) is 18.6. The number of hydrogen-bond donors (Lipinski definition) is 2. The molecule has 0 saturated carbocycles. The van der Waals surface area contributed by atoms with Crippen LogP contribution in [0.25, 0.3) is 0 Å². The van der Waals surface area contributed by atoms with Gasteiger partial charge in [0.25, 0.3) is 0 Å². The molecule has 1 rings (SSSR count). The Hall–Kier alpha value is -2.41. The molecule has 1 aromatic rings. The summed E-state index contributed by atoms with van der Waals surface area (Å²) in [6.45, 7) is 4.68. The van der Waals surface area contributed by atoms with Crippen molar-refractivity contribution in [2.45, 2.75) is 26.4 Å². The Bertz CT molecular complexity index is 557. The Labute approximate surface area is 135 Å². The molecule has 0 heterocycles. The van der Waals surface area contributed by atoms with E-state index < -0.39 is 17.8 Å². The maximum absolute atomic E-state index is 11.8. The Morgan fingerprint density at radius 2 is 1.83 bits per heavy atom. The topological polar surface area (TPSA) is 93.7 Å². The minimum Gasteiger partial charge on any atom is -0.465 e. The van der Waals surface area contributed by atoms with Crippen molar-refractivity contribution in [1.29, 1.82) is 0 Å². The summed E-state index contributed by atoms with van der Waals surface area (Å²) in [5.41, 5.74) is 0.407. The van der Waals surface area contributed by atoms with E-state index in [-0.39, 0.29) is 17.4 Å². The van der Waals surface area contributed by atoms with Gasteiger partial charge in [0.1, 0.15) is 0 Å². The molecule has 0 saturated heterocycles. The minimum atomic E-state index is -0.842. The van der Waals surface area contributed by atoms with Gasteiger partial charge in [-0.2, -0.15) is 0 Å². The number of ether oxygens (including phenoxy) is 2. The average molecular weight is 322 g/mol. The number of benzene rings is 1. The molecule has 7 heteroatoms. The van der Waals surface area contributed by atoms with E-state index in [2.05, 4.69) is 15.4 Å². The number of anilines is 1. The number of amides is 2. The first-order valence-corrected chi connectivity index (χ1v) is 7.33. The third-order valence-corrected chi connectivity index (χ3v) is 2.84. The van der Waals surface area contributed by atoms with Crippen molar-refractivity contribution >= 4 is 23.5 Å². The number of hydrogen-bond acceptors (Lipinski definition) is 5. The number of carbonyl (C=O) groups is 3. The molecule has 0 spiro atoms. The second-order valence-electron chi connectivity index (χ2n) is 5.02. The van der Waals surface area contributed by atoms with Gasteiger partial charge in [-0.05, 0) is 32.4 Å². The molecule has 0 unspecified atom stereocenters. The quantitative estimate of drug-likeness (QED) is 0.449. The maximum Gasteiger partial charge on any atom is 0.339 e. The van der Waals surface area contributed by atoms with Crippen molar-refractivity contribution in [2.75, 3.05) is 25.6 Å². The van der Waals surface area contributed by atoms with Crippen LogP contribution >= 0.6 is 0 Å². The monoisotopic (exact) mass is 322 g/mol. The molecular formula is C16H22N2O5. The fourth-order valence-corrected chi connectivity index (χ4v) is 1.73. The van der Waals surface area contributed by atoms with Crippen LogP contribution in [0.2, 0.25) is 0 Å². The van der Waals surface area contributed by atoms with Crippen molar-refractivity contribution in [3.8, 4) is 0 Å². The number of methoxy groups -OCH3 is 1. The molecule has 0 atom stereocenters. The summed E-state index contributed by atoms with van der Waals surface area (Å²) in [7, 11) is 1.24. The normalized spacial score (nSPS) is 10.3. The molecule has 0 aliphatic rings. The summed E-state index contributed by atoms with van der Waals surface area (Å²) in [5, 5.41) is 4.89. The number of nitrogens with one attached hydrogen (secondary N) is 2. The van der Waals surface area contributed by atoms with E-state index in [4.69, 9.17) is 4.74 Å². The van der Waals surface area contributed by atoms with Gasteiger partial charge in [-0.3, -0.25) is 9.59 Å². The summed E-state index contributed by atoms with van der Waals surface area (Å²) in [4.78, 5) is 35.2. The molecule has 2 amide bonds. The van der Waals surface area contributed by atoms with Gasteiger partial charge in [0.2, 0.25) is 0 Å². The van der Waals surface area contributed by atoms with E-state index in [1.807, 2.05) is 13.8 Å². The van der Waals surface area contributed by atoms with Crippen molar-refractivity contribution in [1.82, 2.24) is 5.32 Å².